The number of ether oxygens (including phenoxy) is 1. The van der Waals surface area contributed by atoms with Gasteiger partial charge < -0.3 is 9.64 Å². The van der Waals surface area contributed by atoms with Gasteiger partial charge in [0, 0.05) is 6.42 Å². The van der Waals surface area contributed by atoms with Crippen LogP contribution in [0.2, 0.25) is 0 Å². The van der Waals surface area contributed by atoms with Gasteiger partial charge in [0.1, 0.15) is 6.04 Å². The maximum atomic E-state index is 12.8. The largest absolute Gasteiger partial charge is 0.447 e. The predicted octanol–water partition coefficient (Wildman–Crippen LogP) is 2.86. The number of cyclic esters (lactones) is 1. The van der Waals surface area contributed by atoms with Gasteiger partial charge in [-0.3, -0.25) is 4.79 Å². The lowest BCUT2D eigenvalue weighted by Crippen LogP contribution is -2.61. The van der Waals surface area contributed by atoms with E-state index in [-0.39, 0.29) is 17.9 Å². The van der Waals surface area contributed by atoms with Gasteiger partial charge in [-0.25, -0.2) is 4.79 Å². The fourth-order valence-electron chi connectivity index (χ4n) is 2.72. The number of esters is 1. The van der Waals surface area contributed by atoms with Gasteiger partial charge in [-0.05, 0) is 26.3 Å². The summed E-state index contributed by atoms with van der Waals surface area (Å²) in [5, 5.41) is 0. The molecule has 1 amide bonds. The summed E-state index contributed by atoms with van der Waals surface area (Å²) in [7, 11) is 0. The third-order valence-electron chi connectivity index (χ3n) is 4.00. The molecule has 1 aliphatic heterocycles. The molecular weight excluding hydrogens is 266 g/mol. The molecule has 0 radical (unpaired) electrons. The van der Waals surface area contributed by atoms with Crippen molar-refractivity contribution in [3.8, 4) is 0 Å². The van der Waals surface area contributed by atoms with E-state index in [1.54, 1.807) is 24.8 Å². The van der Waals surface area contributed by atoms with Crippen LogP contribution in [0.1, 0.15) is 38.8 Å². The Morgan fingerprint density at radius 1 is 1.38 bits per heavy atom. The summed E-state index contributed by atoms with van der Waals surface area (Å²) in [6.45, 7) is 8.92. The van der Waals surface area contributed by atoms with Crippen molar-refractivity contribution < 1.29 is 14.3 Å². The first-order chi connectivity index (χ1) is 9.90. The van der Waals surface area contributed by atoms with Gasteiger partial charge >= 0.3 is 5.97 Å². The molecule has 0 aromatic heterocycles. The van der Waals surface area contributed by atoms with E-state index in [2.05, 4.69) is 6.58 Å². The second-order valence-electron chi connectivity index (χ2n) is 5.62. The van der Waals surface area contributed by atoms with E-state index in [9.17, 15) is 9.59 Å². The topological polar surface area (TPSA) is 46.6 Å². The van der Waals surface area contributed by atoms with Crippen molar-refractivity contribution in [2.45, 2.75) is 44.9 Å². The molecule has 0 unspecified atom stereocenters. The molecule has 2 rings (SSSR count). The lowest BCUT2D eigenvalue weighted by molar-refractivity contribution is -0.192. The standard InChI is InChI=1S/C17H21NO3/c1-5-11-17(4)16(20)18(13(3)15(19)21-17)12(2)14-9-7-6-8-10-14/h5-10,12-13H,1,11H2,2-4H3/t12-,13-,17-/m0/s1. The Morgan fingerprint density at radius 3 is 2.57 bits per heavy atom. The maximum absolute atomic E-state index is 12.8. The molecular formula is C17H21NO3. The molecule has 1 heterocycles. The van der Waals surface area contributed by atoms with Crippen molar-refractivity contribution in [3.63, 3.8) is 0 Å². The SMILES string of the molecule is C=CC[C@]1(C)OC(=O)[C@H](C)N([C@@H](C)c2ccccc2)C1=O. The minimum absolute atomic E-state index is 0.175. The van der Waals surface area contributed by atoms with E-state index < -0.39 is 11.6 Å². The summed E-state index contributed by atoms with van der Waals surface area (Å²) in [6, 6.07) is 8.90. The third-order valence-corrected chi connectivity index (χ3v) is 4.00. The number of benzene rings is 1. The predicted molar refractivity (Wildman–Crippen MR) is 80.5 cm³/mol. The quantitative estimate of drug-likeness (QED) is 0.632. The average Bonchev–Trinajstić information content (AvgIpc) is 2.46. The number of nitrogens with zero attached hydrogens (tertiary/aromatic N) is 1. The molecule has 1 saturated heterocycles. The van der Waals surface area contributed by atoms with Crippen LogP contribution in [-0.4, -0.2) is 28.4 Å². The first kappa shape index (κ1) is 15.3. The number of carbonyl (C=O) groups is 2. The van der Waals surface area contributed by atoms with Crippen LogP contribution in [0.4, 0.5) is 0 Å². The highest BCUT2D eigenvalue weighted by Crippen LogP contribution is 2.33. The number of morpholine rings is 1. The van der Waals surface area contributed by atoms with E-state index >= 15 is 0 Å². The normalized spacial score (nSPS) is 27.2. The van der Waals surface area contributed by atoms with Crippen LogP contribution in [0.5, 0.6) is 0 Å². The summed E-state index contributed by atoms with van der Waals surface area (Å²) < 4.78 is 5.35. The summed E-state index contributed by atoms with van der Waals surface area (Å²) >= 11 is 0. The van der Waals surface area contributed by atoms with E-state index in [0.29, 0.717) is 6.42 Å². The van der Waals surface area contributed by atoms with Crippen LogP contribution in [-0.2, 0) is 14.3 Å². The smallest absolute Gasteiger partial charge is 0.329 e. The molecule has 0 spiro atoms. The third kappa shape index (κ3) is 2.71. The Morgan fingerprint density at radius 2 is 2.00 bits per heavy atom. The molecule has 0 bridgehead atoms. The average molecular weight is 287 g/mol. The summed E-state index contributed by atoms with van der Waals surface area (Å²) in [5.74, 6) is -0.549. The van der Waals surface area contributed by atoms with E-state index in [4.69, 9.17) is 4.74 Å². The Bertz CT molecular complexity index is 554. The molecule has 1 aromatic carbocycles. The second-order valence-corrected chi connectivity index (χ2v) is 5.62. The van der Waals surface area contributed by atoms with Gasteiger partial charge in [0.2, 0.25) is 0 Å². The zero-order valence-electron chi connectivity index (χ0n) is 12.7. The zero-order valence-corrected chi connectivity index (χ0v) is 12.7. The van der Waals surface area contributed by atoms with Crippen LogP contribution < -0.4 is 0 Å². The molecule has 4 heteroatoms. The van der Waals surface area contributed by atoms with Crippen LogP contribution in [0, 0.1) is 0 Å². The van der Waals surface area contributed by atoms with Crippen LogP contribution in [0.25, 0.3) is 0 Å². The monoisotopic (exact) mass is 287 g/mol. The minimum atomic E-state index is -1.16. The van der Waals surface area contributed by atoms with Crippen LogP contribution in [0.3, 0.4) is 0 Å². The molecule has 21 heavy (non-hydrogen) atoms. The minimum Gasteiger partial charge on any atom is -0.447 e. The van der Waals surface area contributed by atoms with Gasteiger partial charge in [0.15, 0.2) is 5.60 Å². The number of hydrogen-bond acceptors (Lipinski definition) is 3. The first-order valence-electron chi connectivity index (χ1n) is 7.12. The Kier molecular flexibility index (Phi) is 4.16. The number of hydrogen-bond donors (Lipinski definition) is 0. The zero-order chi connectivity index (χ0) is 15.6. The number of amides is 1. The lowest BCUT2D eigenvalue weighted by atomic mass is 9.94. The van der Waals surface area contributed by atoms with E-state index in [0.717, 1.165) is 5.56 Å². The molecule has 4 nitrogen and oxygen atoms in total. The van der Waals surface area contributed by atoms with Crippen molar-refractivity contribution in [2.24, 2.45) is 0 Å². The van der Waals surface area contributed by atoms with E-state index in [1.807, 2.05) is 37.3 Å². The second kappa shape index (κ2) is 5.72. The Balaban J connectivity index is 2.37. The summed E-state index contributed by atoms with van der Waals surface area (Å²) in [4.78, 5) is 26.6. The summed E-state index contributed by atoms with van der Waals surface area (Å²) in [5.41, 5.74) is -0.165. The van der Waals surface area contributed by atoms with Crippen molar-refractivity contribution in [2.75, 3.05) is 0 Å². The fourth-order valence-corrected chi connectivity index (χ4v) is 2.72. The molecule has 0 aliphatic carbocycles. The fraction of sp³-hybridized carbons (Fsp3) is 0.412. The van der Waals surface area contributed by atoms with Gasteiger partial charge in [0.25, 0.3) is 5.91 Å². The summed E-state index contributed by atoms with van der Waals surface area (Å²) in [6.07, 6.45) is 1.91. The highest BCUT2D eigenvalue weighted by molar-refractivity contribution is 5.95. The van der Waals surface area contributed by atoms with Gasteiger partial charge in [-0.1, -0.05) is 36.4 Å². The van der Waals surface area contributed by atoms with Gasteiger partial charge in [0.05, 0.1) is 6.04 Å². The molecule has 1 aliphatic rings. The molecule has 0 N–H and O–H groups in total. The van der Waals surface area contributed by atoms with Crippen molar-refractivity contribution in [1.82, 2.24) is 4.90 Å². The first-order valence-corrected chi connectivity index (χ1v) is 7.12. The van der Waals surface area contributed by atoms with Crippen LogP contribution >= 0.6 is 0 Å². The van der Waals surface area contributed by atoms with Gasteiger partial charge in [-0.2, -0.15) is 0 Å². The molecule has 3 atom stereocenters. The Labute approximate surface area is 125 Å². The molecule has 1 fully saturated rings. The number of rotatable bonds is 4. The maximum Gasteiger partial charge on any atom is 0.329 e. The highest BCUT2D eigenvalue weighted by atomic mass is 16.6. The highest BCUT2D eigenvalue weighted by Gasteiger charge is 2.49. The van der Waals surface area contributed by atoms with Gasteiger partial charge in [-0.15, -0.1) is 6.58 Å². The number of carbonyl (C=O) groups excluding carboxylic acids is 2. The lowest BCUT2D eigenvalue weighted by Gasteiger charge is -2.44. The van der Waals surface area contributed by atoms with Crippen molar-refractivity contribution >= 4 is 11.9 Å². The van der Waals surface area contributed by atoms with E-state index in [1.165, 1.54) is 0 Å². The molecule has 112 valence electrons. The molecule has 0 saturated carbocycles. The van der Waals surface area contributed by atoms with Crippen molar-refractivity contribution in [3.05, 3.63) is 48.6 Å². The van der Waals surface area contributed by atoms with Crippen molar-refractivity contribution in [1.29, 1.82) is 0 Å². The Hall–Kier alpha value is -2.10. The van der Waals surface area contributed by atoms with Crippen LogP contribution in [0.15, 0.2) is 43.0 Å². The molecule has 1 aromatic rings.